The van der Waals surface area contributed by atoms with E-state index < -0.39 is 15.9 Å². The average molecular weight is 443 g/mol. The van der Waals surface area contributed by atoms with Gasteiger partial charge in [-0.1, -0.05) is 25.1 Å². The number of amides is 1. The van der Waals surface area contributed by atoms with Gasteiger partial charge in [0.2, 0.25) is 0 Å². The molecule has 1 heterocycles. The monoisotopic (exact) mass is 442 g/mol. The van der Waals surface area contributed by atoms with Crippen LogP contribution in [0.25, 0.3) is 5.57 Å². The predicted molar refractivity (Wildman–Crippen MR) is 123 cm³/mol. The third-order valence-corrected chi connectivity index (χ3v) is 7.12. The Hall–Kier alpha value is -3.26. The molecule has 8 heteroatoms. The molecule has 0 aliphatic carbocycles. The number of hydrogen-bond donors (Lipinski definition) is 1. The molecule has 164 valence electrons. The van der Waals surface area contributed by atoms with Crippen LogP contribution in [-0.2, 0) is 21.2 Å². The minimum atomic E-state index is -4.13. The predicted octanol–water partition coefficient (Wildman–Crippen LogP) is 3.97. The van der Waals surface area contributed by atoms with Crippen LogP contribution in [0.3, 0.4) is 0 Å². The number of rotatable bonds is 7. The molecule has 2 aromatic carbocycles. The molecule has 0 fully saturated rings. The van der Waals surface area contributed by atoms with E-state index in [9.17, 15) is 13.2 Å². The zero-order valence-electron chi connectivity index (χ0n) is 18.1. The zero-order chi connectivity index (χ0) is 22.8. The smallest absolute Gasteiger partial charge is 0.270 e. The standard InChI is InChI=1S/C23H26N2O5S/c1-6-12-25-19-14-21(30-5)20(29-4)13-18(19)15(3)22(31(25,27)28)23(26)24-17-10-8-16(7-2)9-11-17/h6,8-11,13-14H,1,7,12H2,2-5H3,(H,24,26). The van der Waals surface area contributed by atoms with Crippen LogP contribution in [0.15, 0.2) is 54.0 Å². The fraction of sp³-hybridized carbons (Fsp3) is 0.261. The molecule has 0 saturated heterocycles. The Morgan fingerprint density at radius 1 is 1.13 bits per heavy atom. The van der Waals surface area contributed by atoms with Crippen LogP contribution in [0.1, 0.15) is 25.0 Å². The number of benzene rings is 2. The second-order valence-corrected chi connectivity index (χ2v) is 8.81. The lowest BCUT2D eigenvalue weighted by Crippen LogP contribution is -2.39. The molecule has 0 spiro atoms. The van der Waals surface area contributed by atoms with Gasteiger partial charge in [0.25, 0.3) is 15.9 Å². The summed E-state index contributed by atoms with van der Waals surface area (Å²) in [6, 6.07) is 10.6. The van der Waals surface area contributed by atoms with E-state index in [-0.39, 0.29) is 11.4 Å². The van der Waals surface area contributed by atoms with Crippen molar-refractivity contribution in [3.63, 3.8) is 0 Å². The number of methoxy groups -OCH3 is 2. The highest BCUT2D eigenvalue weighted by Gasteiger charge is 2.39. The van der Waals surface area contributed by atoms with Crippen molar-refractivity contribution >= 4 is 32.9 Å². The SMILES string of the molecule is C=CCN1c2cc(OC)c(OC)cc2C(C)=C(C(=O)Nc2ccc(CC)cc2)S1(=O)=O. The molecule has 1 amide bonds. The molecule has 1 N–H and O–H groups in total. The number of fused-ring (bicyclic) bond motifs is 1. The summed E-state index contributed by atoms with van der Waals surface area (Å²) in [5, 5.41) is 2.71. The van der Waals surface area contributed by atoms with E-state index in [1.807, 2.05) is 19.1 Å². The van der Waals surface area contributed by atoms with Gasteiger partial charge in [0, 0.05) is 17.3 Å². The largest absolute Gasteiger partial charge is 0.493 e. The molecule has 0 saturated carbocycles. The highest BCUT2D eigenvalue weighted by molar-refractivity contribution is 7.97. The molecule has 1 aliphatic rings. The van der Waals surface area contributed by atoms with Crippen molar-refractivity contribution in [1.82, 2.24) is 0 Å². The normalized spacial score (nSPS) is 14.6. The number of anilines is 2. The highest BCUT2D eigenvalue weighted by Crippen LogP contribution is 2.45. The van der Waals surface area contributed by atoms with Crippen LogP contribution >= 0.6 is 0 Å². The lowest BCUT2D eigenvalue weighted by molar-refractivity contribution is -0.112. The third-order valence-electron chi connectivity index (χ3n) is 5.18. The van der Waals surface area contributed by atoms with Crippen LogP contribution in [-0.4, -0.2) is 35.1 Å². The summed E-state index contributed by atoms with van der Waals surface area (Å²) < 4.78 is 38.8. The van der Waals surface area contributed by atoms with E-state index in [1.165, 1.54) is 20.3 Å². The first kappa shape index (κ1) is 22.4. The second-order valence-electron chi connectivity index (χ2n) is 7.01. The van der Waals surface area contributed by atoms with Gasteiger partial charge in [0.1, 0.15) is 0 Å². The molecule has 0 unspecified atom stereocenters. The number of nitrogens with zero attached hydrogens (tertiary/aromatic N) is 1. The molecular weight excluding hydrogens is 416 g/mol. The summed E-state index contributed by atoms with van der Waals surface area (Å²) in [5.41, 5.74) is 2.94. The summed E-state index contributed by atoms with van der Waals surface area (Å²) in [5.74, 6) is 0.131. The molecule has 7 nitrogen and oxygen atoms in total. The van der Waals surface area contributed by atoms with E-state index in [4.69, 9.17) is 9.47 Å². The quantitative estimate of drug-likeness (QED) is 0.656. The summed E-state index contributed by atoms with van der Waals surface area (Å²) in [7, 11) is -1.16. The number of carbonyl (C=O) groups is 1. The Labute approximate surface area is 183 Å². The molecule has 0 aromatic heterocycles. The van der Waals surface area contributed by atoms with Crippen molar-refractivity contribution in [3.05, 3.63) is 65.1 Å². The fourth-order valence-electron chi connectivity index (χ4n) is 3.54. The minimum absolute atomic E-state index is 0.0000728. The highest BCUT2D eigenvalue weighted by atomic mass is 32.2. The average Bonchev–Trinajstić information content (AvgIpc) is 2.76. The Bertz CT molecular complexity index is 1150. The number of allylic oxidation sites excluding steroid dienone is 1. The summed E-state index contributed by atoms with van der Waals surface area (Å²) in [6.45, 7) is 7.31. The molecule has 31 heavy (non-hydrogen) atoms. The van der Waals surface area contributed by atoms with E-state index in [1.54, 1.807) is 31.2 Å². The molecule has 1 aliphatic heterocycles. The topological polar surface area (TPSA) is 84.9 Å². The third kappa shape index (κ3) is 4.03. The lowest BCUT2D eigenvalue weighted by Gasteiger charge is -2.32. The van der Waals surface area contributed by atoms with Gasteiger partial charge in [0.05, 0.1) is 26.5 Å². The number of nitrogens with one attached hydrogen (secondary N) is 1. The van der Waals surface area contributed by atoms with E-state index in [0.29, 0.717) is 34.0 Å². The first-order valence-electron chi connectivity index (χ1n) is 9.79. The van der Waals surface area contributed by atoms with Gasteiger partial charge in [-0.05, 0) is 42.7 Å². The van der Waals surface area contributed by atoms with Crippen LogP contribution < -0.4 is 19.1 Å². The Balaban J connectivity index is 2.15. The molecule has 0 radical (unpaired) electrons. The van der Waals surface area contributed by atoms with Gasteiger partial charge in [0.15, 0.2) is 16.4 Å². The molecule has 3 rings (SSSR count). The van der Waals surface area contributed by atoms with Crippen LogP contribution in [0.5, 0.6) is 11.5 Å². The van der Waals surface area contributed by atoms with E-state index >= 15 is 0 Å². The maximum Gasteiger partial charge on any atom is 0.270 e. The minimum Gasteiger partial charge on any atom is -0.493 e. The molecule has 0 atom stereocenters. The van der Waals surface area contributed by atoms with Crippen LogP contribution in [0, 0.1) is 0 Å². The van der Waals surface area contributed by atoms with E-state index in [2.05, 4.69) is 11.9 Å². The zero-order valence-corrected chi connectivity index (χ0v) is 18.9. The summed E-state index contributed by atoms with van der Waals surface area (Å²) >= 11 is 0. The second kappa shape index (κ2) is 8.85. The number of carbonyl (C=O) groups excluding carboxylic acids is 1. The first-order valence-corrected chi connectivity index (χ1v) is 11.2. The van der Waals surface area contributed by atoms with Gasteiger partial charge >= 0.3 is 0 Å². The van der Waals surface area contributed by atoms with Crippen molar-refractivity contribution in [2.24, 2.45) is 0 Å². The van der Waals surface area contributed by atoms with Crippen molar-refractivity contribution in [3.8, 4) is 11.5 Å². The van der Waals surface area contributed by atoms with Gasteiger partial charge in [-0.25, -0.2) is 8.42 Å². The Morgan fingerprint density at radius 2 is 1.74 bits per heavy atom. The van der Waals surface area contributed by atoms with Crippen molar-refractivity contribution in [2.75, 3.05) is 30.4 Å². The number of sulfonamides is 1. The maximum absolute atomic E-state index is 13.4. The Morgan fingerprint density at radius 3 is 2.29 bits per heavy atom. The molecular formula is C23H26N2O5S. The summed E-state index contributed by atoms with van der Waals surface area (Å²) in [4.78, 5) is 12.8. The van der Waals surface area contributed by atoms with Crippen molar-refractivity contribution in [2.45, 2.75) is 20.3 Å². The number of hydrogen-bond acceptors (Lipinski definition) is 5. The van der Waals surface area contributed by atoms with Crippen LogP contribution in [0.2, 0.25) is 0 Å². The van der Waals surface area contributed by atoms with Crippen molar-refractivity contribution in [1.29, 1.82) is 0 Å². The van der Waals surface area contributed by atoms with Gasteiger partial charge in [-0.15, -0.1) is 6.58 Å². The molecule has 2 aromatic rings. The van der Waals surface area contributed by atoms with Gasteiger partial charge in [-0.3, -0.25) is 9.10 Å². The lowest BCUT2D eigenvalue weighted by atomic mass is 10.0. The van der Waals surface area contributed by atoms with Crippen LogP contribution in [0.4, 0.5) is 11.4 Å². The van der Waals surface area contributed by atoms with Crippen molar-refractivity contribution < 1.29 is 22.7 Å². The summed E-state index contributed by atoms with van der Waals surface area (Å²) in [6.07, 6.45) is 2.34. The van der Waals surface area contributed by atoms with E-state index in [0.717, 1.165) is 16.3 Å². The maximum atomic E-state index is 13.4. The Kier molecular flexibility index (Phi) is 6.40. The van der Waals surface area contributed by atoms with Gasteiger partial charge in [-0.2, -0.15) is 0 Å². The number of aryl methyl sites for hydroxylation is 1. The fourth-order valence-corrected chi connectivity index (χ4v) is 5.26. The first-order chi connectivity index (χ1) is 14.8. The molecule has 0 bridgehead atoms. The van der Waals surface area contributed by atoms with Gasteiger partial charge < -0.3 is 14.8 Å². The number of ether oxygens (including phenoxy) is 2.